The van der Waals surface area contributed by atoms with E-state index in [1.165, 1.54) is 12.1 Å². The zero-order valence-electron chi connectivity index (χ0n) is 12.5. The molecule has 0 saturated carbocycles. The highest BCUT2D eigenvalue weighted by atomic mass is 19.1. The van der Waals surface area contributed by atoms with Crippen molar-refractivity contribution in [3.05, 3.63) is 53.8 Å². The van der Waals surface area contributed by atoms with Gasteiger partial charge in [-0.2, -0.15) is 0 Å². The van der Waals surface area contributed by atoms with Gasteiger partial charge in [-0.05, 0) is 36.8 Å². The normalized spacial score (nSPS) is 13.5. The maximum absolute atomic E-state index is 13.4. The molecule has 0 aromatic heterocycles. The highest BCUT2D eigenvalue weighted by Crippen LogP contribution is 2.34. The van der Waals surface area contributed by atoms with E-state index in [-0.39, 0.29) is 31.1 Å². The van der Waals surface area contributed by atoms with E-state index in [9.17, 15) is 9.18 Å². The largest absolute Gasteiger partial charge is 0.481 e. The topological polar surface area (TPSA) is 56.8 Å². The Labute approximate surface area is 133 Å². The molecule has 0 saturated heterocycles. The van der Waals surface area contributed by atoms with Crippen molar-refractivity contribution in [1.29, 1.82) is 0 Å². The average molecular weight is 317 g/mol. The summed E-state index contributed by atoms with van der Waals surface area (Å²) in [6.07, 6.45) is 0. The van der Waals surface area contributed by atoms with Crippen molar-refractivity contribution in [2.45, 2.75) is 13.0 Å². The molecule has 0 radical (unpaired) electrons. The van der Waals surface area contributed by atoms with Crippen molar-refractivity contribution in [2.24, 2.45) is 0 Å². The predicted molar refractivity (Wildman–Crippen MR) is 81.0 cm³/mol. The Morgan fingerprint density at radius 3 is 2.87 bits per heavy atom. The molecule has 1 heterocycles. The van der Waals surface area contributed by atoms with Crippen LogP contribution in [0.15, 0.2) is 42.5 Å². The number of carbonyl (C=O) groups is 1. The highest BCUT2D eigenvalue weighted by Gasteiger charge is 2.17. The third-order valence-electron chi connectivity index (χ3n) is 3.47. The van der Waals surface area contributed by atoms with Gasteiger partial charge in [0.15, 0.2) is 29.7 Å². The summed E-state index contributed by atoms with van der Waals surface area (Å²) in [5, 5.41) is 2.79. The number of halogens is 1. The third-order valence-corrected chi connectivity index (χ3v) is 3.47. The van der Waals surface area contributed by atoms with E-state index < -0.39 is 5.82 Å². The Bertz CT molecular complexity index is 719. The fourth-order valence-electron chi connectivity index (χ4n) is 2.25. The molecular weight excluding hydrogens is 301 g/mol. The first-order chi connectivity index (χ1) is 11.1. The van der Waals surface area contributed by atoms with Gasteiger partial charge in [-0.25, -0.2) is 4.39 Å². The fraction of sp³-hybridized carbons (Fsp3) is 0.235. The first-order valence-electron chi connectivity index (χ1n) is 7.20. The van der Waals surface area contributed by atoms with Crippen molar-refractivity contribution < 1.29 is 23.4 Å². The van der Waals surface area contributed by atoms with Crippen molar-refractivity contribution in [2.75, 3.05) is 13.4 Å². The molecule has 0 bridgehead atoms. The van der Waals surface area contributed by atoms with Crippen LogP contribution in [0.4, 0.5) is 4.39 Å². The predicted octanol–water partition coefficient (Wildman–Crippen LogP) is 2.81. The van der Waals surface area contributed by atoms with E-state index in [0.29, 0.717) is 11.5 Å². The molecule has 0 spiro atoms. The Kier molecular flexibility index (Phi) is 4.32. The van der Waals surface area contributed by atoms with Gasteiger partial charge in [0.1, 0.15) is 0 Å². The van der Waals surface area contributed by atoms with Crippen LogP contribution in [0.2, 0.25) is 0 Å². The van der Waals surface area contributed by atoms with Crippen LogP contribution in [0.5, 0.6) is 17.2 Å². The second-order valence-corrected chi connectivity index (χ2v) is 5.12. The number of carbonyl (C=O) groups excluding carboxylic acids is 1. The third kappa shape index (κ3) is 3.53. The molecule has 23 heavy (non-hydrogen) atoms. The quantitative estimate of drug-likeness (QED) is 0.921. The van der Waals surface area contributed by atoms with Crippen molar-refractivity contribution in [3.8, 4) is 17.2 Å². The average Bonchev–Trinajstić information content (AvgIpc) is 3.01. The Balaban J connectivity index is 1.56. The van der Waals surface area contributed by atoms with Gasteiger partial charge in [0.05, 0.1) is 6.04 Å². The standard InChI is InChI=1S/C17H16FNO4/c1-11(12-6-7-15-16(8-12)23-10-22-15)19-17(20)9-21-14-5-3-2-4-13(14)18/h2-8,11H,9-10H2,1H3,(H,19,20)/t11-/m1/s1. The fourth-order valence-corrected chi connectivity index (χ4v) is 2.25. The summed E-state index contributed by atoms with van der Waals surface area (Å²) >= 11 is 0. The van der Waals surface area contributed by atoms with Gasteiger partial charge in [-0.3, -0.25) is 4.79 Å². The number of ether oxygens (including phenoxy) is 3. The molecule has 1 aliphatic heterocycles. The molecule has 1 atom stereocenters. The summed E-state index contributed by atoms with van der Waals surface area (Å²) in [4.78, 5) is 11.9. The number of nitrogens with one attached hydrogen (secondary N) is 1. The summed E-state index contributed by atoms with van der Waals surface area (Å²) in [7, 11) is 0. The van der Waals surface area contributed by atoms with E-state index >= 15 is 0 Å². The maximum Gasteiger partial charge on any atom is 0.258 e. The molecular formula is C17H16FNO4. The molecule has 1 N–H and O–H groups in total. The van der Waals surface area contributed by atoms with E-state index in [4.69, 9.17) is 14.2 Å². The lowest BCUT2D eigenvalue weighted by atomic mass is 10.1. The van der Waals surface area contributed by atoms with Crippen LogP contribution in [0, 0.1) is 5.82 Å². The zero-order chi connectivity index (χ0) is 16.2. The molecule has 0 fully saturated rings. The lowest BCUT2D eigenvalue weighted by Crippen LogP contribution is -2.31. The SMILES string of the molecule is C[C@@H](NC(=O)COc1ccccc1F)c1ccc2c(c1)OCO2. The van der Waals surface area contributed by atoms with Crippen LogP contribution >= 0.6 is 0 Å². The summed E-state index contributed by atoms with van der Waals surface area (Å²) in [6.45, 7) is 1.80. The molecule has 1 amide bonds. The maximum atomic E-state index is 13.4. The number of hydrogen-bond acceptors (Lipinski definition) is 4. The number of amides is 1. The number of rotatable bonds is 5. The Hall–Kier alpha value is -2.76. The molecule has 120 valence electrons. The summed E-state index contributed by atoms with van der Waals surface area (Å²) in [5.41, 5.74) is 0.883. The van der Waals surface area contributed by atoms with Crippen LogP contribution in [0.25, 0.3) is 0 Å². The molecule has 0 unspecified atom stereocenters. The summed E-state index contributed by atoms with van der Waals surface area (Å²) in [5.74, 6) is 0.572. The molecule has 5 nitrogen and oxygen atoms in total. The van der Waals surface area contributed by atoms with Crippen LogP contribution in [0.1, 0.15) is 18.5 Å². The van der Waals surface area contributed by atoms with Crippen LogP contribution < -0.4 is 19.5 Å². The van der Waals surface area contributed by atoms with E-state index in [2.05, 4.69) is 5.32 Å². The van der Waals surface area contributed by atoms with E-state index in [0.717, 1.165) is 5.56 Å². The van der Waals surface area contributed by atoms with Crippen molar-refractivity contribution in [1.82, 2.24) is 5.32 Å². The molecule has 3 rings (SSSR count). The molecule has 1 aliphatic rings. The minimum Gasteiger partial charge on any atom is -0.481 e. The first kappa shape index (κ1) is 15.1. The van der Waals surface area contributed by atoms with Gasteiger partial charge in [-0.15, -0.1) is 0 Å². The van der Waals surface area contributed by atoms with Gasteiger partial charge in [-0.1, -0.05) is 18.2 Å². The minimum absolute atomic E-state index is 0.0541. The van der Waals surface area contributed by atoms with Gasteiger partial charge >= 0.3 is 0 Å². The van der Waals surface area contributed by atoms with Gasteiger partial charge in [0.25, 0.3) is 5.91 Å². The van der Waals surface area contributed by atoms with Crippen LogP contribution in [0.3, 0.4) is 0 Å². The number of fused-ring (bicyclic) bond motifs is 1. The highest BCUT2D eigenvalue weighted by molar-refractivity contribution is 5.78. The zero-order valence-corrected chi connectivity index (χ0v) is 12.5. The van der Waals surface area contributed by atoms with Crippen LogP contribution in [-0.4, -0.2) is 19.3 Å². The second-order valence-electron chi connectivity index (χ2n) is 5.12. The van der Waals surface area contributed by atoms with Crippen LogP contribution in [-0.2, 0) is 4.79 Å². The molecule has 6 heteroatoms. The monoisotopic (exact) mass is 317 g/mol. The van der Waals surface area contributed by atoms with Crippen molar-refractivity contribution >= 4 is 5.91 Å². The van der Waals surface area contributed by atoms with Gasteiger partial charge < -0.3 is 19.5 Å². The minimum atomic E-state index is -0.496. The van der Waals surface area contributed by atoms with Gasteiger partial charge in [0.2, 0.25) is 6.79 Å². The number of benzene rings is 2. The Morgan fingerprint density at radius 2 is 2.04 bits per heavy atom. The van der Waals surface area contributed by atoms with E-state index in [1.54, 1.807) is 18.2 Å². The lowest BCUT2D eigenvalue weighted by Gasteiger charge is -2.15. The summed E-state index contributed by atoms with van der Waals surface area (Å²) < 4.78 is 29.1. The smallest absolute Gasteiger partial charge is 0.258 e. The van der Waals surface area contributed by atoms with Gasteiger partial charge in [0, 0.05) is 0 Å². The summed E-state index contributed by atoms with van der Waals surface area (Å²) in [6, 6.07) is 11.2. The van der Waals surface area contributed by atoms with Crippen molar-refractivity contribution in [3.63, 3.8) is 0 Å². The lowest BCUT2D eigenvalue weighted by molar-refractivity contribution is -0.123. The first-order valence-corrected chi connectivity index (χ1v) is 7.20. The molecule has 0 aliphatic carbocycles. The number of para-hydroxylation sites is 1. The molecule has 2 aromatic carbocycles. The van der Waals surface area contributed by atoms with E-state index in [1.807, 2.05) is 19.1 Å². The second kappa shape index (κ2) is 6.56. The Morgan fingerprint density at radius 1 is 1.26 bits per heavy atom. The molecule has 2 aromatic rings. The number of hydrogen-bond donors (Lipinski definition) is 1.